The van der Waals surface area contributed by atoms with Gasteiger partial charge in [-0.3, -0.25) is 9.36 Å². The zero-order valence-electron chi connectivity index (χ0n) is 10.0. The lowest BCUT2D eigenvalue weighted by Crippen LogP contribution is -2.16. The summed E-state index contributed by atoms with van der Waals surface area (Å²) < 4.78 is 7.52. The summed E-state index contributed by atoms with van der Waals surface area (Å²) in [5.74, 6) is 0.840. The van der Waals surface area contributed by atoms with E-state index in [9.17, 15) is 4.79 Å². The molecule has 0 fully saturated rings. The van der Waals surface area contributed by atoms with Crippen LogP contribution in [-0.4, -0.2) is 10.5 Å². The molecule has 1 aromatic heterocycles. The standard InChI is InChI=1S/C15H13NO2/c1-11(17)16-10-4-6-13(16)15-9-8-12-5-2-3-7-14(12)18-15/h2-10,15H,1H3. The Morgan fingerprint density at radius 3 is 2.89 bits per heavy atom. The number of carbonyl (C=O) groups is 1. The van der Waals surface area contributed by atoms with Crippen LogP contribution >= 0.6 is 0 Å². The highest BCUT2D eigenvalue weighted by Crippen LogP contribution is 2.32. The van der Waals surface area contributed by atoms with Crippen molar-refractivity contribution in [1.82, 2.24) is 4.57 Å². The molecule has 1 aromatic carbocycles. The number of nitrogens with zero attached hydrogens (tertiary/aromatic N) is 1. The average Bonchev–Trinajstić information content (AvgIpc) is 2.87. The maximum atomic E-state index is 11.5. The van der Waals surface area contributed by atoms with Crippen molar-refractivity contribution in [2.24, 2.45) is 0 Å². The molecule has 3 rings (SSSR count). The molecule has 2 aromatic rings. The van der Waals surface area contributed by atoms with Crippen LogP contribution in [0.3, 0.4) is 0 Å². The van der Waals surface area contributed by atoms with Crippen LogP contribution in [0.15, 0.2) is 48.7 Å². The molecule has 0 saturated heterocycles. The molecule has 1 aliphatic rings. The van der Waals surface area contributed by atoms with E-state index in [-0.39, 0.29) is 12.0 Å². The minimum atomic E-state index is -0.209. The summed E-state index contributed by atoms with van der Waals surface area (Å²) in [6.07, 6.45) is 5.55. The van der Waals surface area contributed by atoms with Crippen molar-refractivity contribution in [2.75, 3.05) is 0 Å². The fourth-order valence-electron chi connectivity index (χ4n) is 2.16. The van der Waals surface area contributed by atoms with Crippen molar-refractivity contribution in [2.45, 2.75) is 13.0 Å². The highest BCUT2D eigenvalue weighted by Gasteiger charge is 2.19. The molecule has 90 valence electrons. The van der Waals surface area contributed by atoms with E-state index >= 15 is 0 Å². The summed E-state index contributed by atoms with van der Waals surface area (Å²) >= 11 is 0. The first-order chi connectivity index (χ1) is 8.75. The van der Waals surface area contributed by atoms with Crippen molar-refractivity contribution in [3.8, 4) is 5.75 Å². The number of fused-ring (bicyclic) bond motifs is 1. The molecule has 2 heterocycles. The third-order valence-corrected chi connectivity index (χ3v) is 3.03. The van der Waals surface area contributed by atoms with Gasteiger partial charge in [0.15, 0.2) is 6.10 Å². The number of hydrogen-bond acceptors (Lipinski definition) is 2. The number of carbonyl (C=O) groups excluding carboxylic acids is 1. The lowest BCUT2D eigenvalue weighted by Gasteiger charge is -2.22. The van der Waals surface area contributed by atoms with Crippen LogP contribution in [0.5, 0.6) is 5.75 Å². The van der Waals surface area contributed by atoms with Gasteiger partial charge in [0.05, 0.1) is 5.69 Å². The van der Waals surface area contributed by atoms with Gasteiger partial charge in [-0.2, -0.15) is 0 Å². The first-order valence-electron chi connectivity index (χ1n) is 5.88. The fourth-order valence-corrected chi connectivity index (χ4v) is 2.16. The number of aromatic nitrogens is 1. The molecular weight excluding hydrogens is 226 g/mol. The van der Waals surface area contributed by atoms with E-state index in [0.29, 0.717) is 0 Å². The Morgan fingerprint density at radius 1 is 1.22 bits per heavy atom. The van der Waals surface area contributed by atoms with Gasteiger partial charge in [-0.05, 0) is 24.3 Å². The van der Waals surface area contributed by atoms with E-state index < -0.39 is 0 Å². The quantitative estimate of drug-likeness (QED) is 0.764. The Labute approximate surface area is 105 Å². The second kappa shape index (κ2) is 4.18. The number of rotatable bonds is 1. The number of ether oxygens (including phenoxy) is 1. The smallest absolute Gasteiger partial charge is 0.227 e. The molecule has 3 nitrogen and oxygen atoms in total. The van der Waals surface area contributed by atoms with Crippen molar-refractivity contribution >= 4 is 12.0 Å². The van der Waals surface area contributed by atoms with E-state index in [1.165, 1.54) is 0 Å². The average molecular weight is 239 g/mol. The van der Waals surface area contributed by atoms with Gasteiger partial charge in [0.1, 0.15) is 5.75 Å². The Kier molecular flexibility index (Phi) is 2.52. The van der Waals surface area contributed by atoms with Crippen molar-refractivity contribution in [1.29, 1.82) is 0 Å². The molecule has 0 saturated carbocycles. The van der Waals surface area contributed by atoms with E-state index in [2.05, 4.69) is 0 Å². The van der Waals surface area contributed by atoms with Crippen molar-refractivity contribution < 1.29 is 9.53 Å². The second-order valence-electron chi connectivity index (χ2n) is 4.26. The number of para-hydroxylation sites is 1. The molecule has 1 aliphatic heterocycles. The van der Waals surface area contributed by atoms with Gasteiger partial charge >= 0.3 is 0 Å². The van der Waals surface area contributed by atoms with E-state index in [1.807, 2.05) is 48.6 Å². The predicted octanol–water partition coefficient (Wildman–Crippen LogP) is 3.30. The molecule has 0 radical (unpaired) electrons. The lowest BCUT2D eigenvalue weighted by molar-refractivity contribution is 0.0925. The van der Waals surface area contributed by atoms with Crippen LogP contribution in [0.4, 0.5) is 0 Å². The molecule has 3 heteroatoms. The van der Waals surface area contributed by atoms with Crippen LogP contribution in [0.25, 0.3) is 6.08 Å². The van der Waals surface area contributed by atoms with Gasteiger partial charge in [-0.25, -0.2) is 0 Å². The van der Waals surface area contributed by atoms with Crippen molar-refractivity contribution in [3.63, 3.8) is 0 Å². The third-order valence-electron chi connectivity index (χ3n) is 3.03. The summed E-state index contributed by atoms with van der Waals surface area (Å²) in [5.41, 5.74) is 1.92. The van der Waals surface area contributed by atoms with Gasteiger partial charge in [0.25, 0.3) is 0 Å². The minimum Gasteiger partial charge on any atom is -0.479 e. The van der Waals surface area contributed by atoms with Gasteiger partial charge in [-0.15, -0.1) is 0 Å². The summed E-state index contributed by atoms with van der Waals surface area (Å²) in [5, 5.41) is 0. The van der Waals surface area contributed by atoms with Gasteiger partial charge in [0.2, 0.25) is 5.91 Å². The third kappa shape index (κ3) is 1.74. The number of hydrogen-bond donors (Lipinski definition) is 0. The molecule has 0 aliphatic carbocycles. The highest BCUT2D eigenvalue weighted by molar-refractivity contribution is 5.77. The maximum Gasteiger partial charge on any atom is 0.227 e. The Bertz CT molecular complexity index is 625. The first-order valence-corrected chi connectivity index (χ1v) is 5.88. The van der Waals surface area contributed by atoms with Crippen molar-refractivity contribution in [3.05, 3.63) is 59.9 Å². The van der Waals surface area contributed by atoms with Crippen LogP contribution < -0.4 is 4.74 Å². The van der Waals surface area contributed by atoms with Gasteiger partial charge in [0, 0.05) is 18.7 Å². The molecule has 0 N–H and O–H groups in total. The molecule has 0 spiro atoms. The Hall–Kier alpha value is -2.29. The van der Waals surface area contributed by atoms with Crippen LogP contribution in [0.1, 0.15) is 29.1 Å². The Balaban J connectivity index is 1.97. The summed E-state index contributed by atoms with van der Waals surface area (Å²) in [7, 11) is 0. The molecule has 1 atom stereocenters. The molecule has 1 unspecified atom stereocenters. The van der Waals surface area contributed by atoms with Crippen LogP contribution in [0.2, 0.25) is 0 Å². The number of benzene rings is 1. The molecule has 0 bridgehead atoms. The summed E-state index contributed by atoms with van der Waals surface area (Å²) in [6, 6.07) is 11.6. The SMILES string of the molecule is CC(=O)n1cccc1C1C=Cc2ccccc2O1. The monoisotopic (exact) mass is 239 g/mol. The lowest BCUT2D eigenvalue weighted by atomic mass is 10.1. The predicted molar refractivity (Wildman–Crippen MR) is 69.6 cm³/mol. The fraction of sp³-hybridized carbons (Fsp3) is 0.133. The molecular formula is C15H13NO2. The van der Waals surface area contributed by atoms with E-state index in [4.69, 9.17) is 4.74 Å². The normalized spacial score (nSPS) is 17.1. The second-order valence-corrected chi connectivity index (χ2v) is 4.26. The zero-order chi connectivity index (χ0) is 12.5. The Morgan fingerprint density at radius 2 is 2.06 bits per heavy atom. The largest absolute Gasteiger partial charge is 0.479 e. The highest BCUT2D eigenvalue weighted by atomic mass is 16.5. The van der Waals surface area contributed by atoms with Gasteiger partial charge < -0.3 is 4.74 Å². The molecule has 0 amide bonds. The zero-order valence-corrected chi connectivity index (χ0v) is 10.0. The van der Waals surface area contributed by atoms with Crippen LogP contribution in [0, 0.1) is 0 Å². The maximum absolute atomic E-state index is 11.5. The first kappa shape index (κ1) is 10.8. The van der Waals surface area contributed by atoms with E-state index in [1.54, 1.807) is 17.7 Å². The summed E-state index contributed by atoms with van der Waals surface area (Å²) in [6.45, 7) is 1.55. The van der Waals surface area contributed by atoms with Crippen LogP contribution in [-0.2, 0) is 0 Å². The van der Waals surface area contributed by atoms with Gasteiger partial charge in [-0.1, -0.05) is 24.3 Å². The summed E-state index contributed by atoms with van der Waals surface area (Å²) in [4.78, 5) is 11.5. The van der Waals surface area contributed by atoms with E-state index in [0.717, 1.165) is 17.0 Å². The topological polar surface area (TPSA) is 31.2 Å². The molecule has 18 heavy (non-hydrogen) atoms. The minimum absolute atomic E-state index is 0.00846.